The van der Waals surface area contributed by atoms with Gasteiger partial charge in [-0.25, -0.2) is 14.5 Å². The van der Waals surface area contributed by atoms with Gasteiger partial charge in [-0.2, -0.15) is 9.67 Å². The number of fused-ring (bicyclic) bond motifs is 8. The van der Waals surface area contributed by atoms with E-state index in [1.807, 2.05) is 72.3 Å². The van der Waals surface area contributed by atoms with E-state index in [0.29, 0.717) is 11.6 Å². The highest BCUT2D eigenvalue weighted by Gasteiger charge is 2.33. The summed E-state index contributed by atoms with van der Waals surface area (Å²) < 4.78 is 10.5. The van der Waals surface area contributed by atoms with Crippen molar-refractivity contribution in [2.45, 2.75) is 13.1 Å². The molecule has 0 amide bonds. The Morgan fingerprint density at radius 3 is 2.82 bits per heavy atom. The first-order chi connectivity index (χ1) is 18.7. The van der Waals surface area contributed by atoms with Crippen LogP contribution in [0.1, 0.15) is 5.69 Å². The van der Waals surface area contributed by atoms with Crippen molar-refractivity contribution >= 4 is 44.9 Å². The van der Waals surface area contributed by atoms with E-state index in [2.05, 4.69) is 51.1 Å². The molecule has 8 rings (SSSR count). The van der Waals surface area contributed by atoms with Crippen molar-refractivity contribution < 1.29 is 4.74 Å². The standard InChI is InChI=1S/C31H21N6O/c1-19-17-27-30-24(29-26(37(27)35-19)12-6-15-32-29)13-14-28(34-30)38-21-8-4-7-20(18-21)36-25-11-3-2-9-22(25)23-10-5-16-33-31(23)36/h2-18,31H,1H3/q+1. The Bertz CT molecular complexity index is 2140. The average molecular weight is 494 g/mol. The van der Waals surface area contributed by atoms with E-state index in [4.69, 9.17) is 14.7 Å². The Morgan fingerprint density at radius 1 is 0.895 bits per heavy atom. The molecule has 0 radical (unpaired) electrons. The second-order valence-corrected chi connectivity index (χ2v) is 9.47. The summed E-state index contributed by atoms with van der Waals surface area (Å²) in [7, 11) is 0. The number of hydrogen-bond donors (Lipinski definition) is 0. The number of aromatic nitrogens is 4. The van der Waals surface area contributed by atoms with Gasteiger partial charge in [0, 0.05) is 36.0 Å². The number of dihydropyridines is 1. The molecule has 0 saturated carbocycles. The Morgan fingerprint density at radius 2 is 1.84 bits per heavy atom. The minimum atomic E-state index is -0.0920. The number of hydrogen-bond acceptors (Lipinski definition) is 5. The molecule has 0 fully saturated rings. The van der Waals surface area contributed by atoms with Crippen molar-refractivity contribution in [1.29, 1.82) is 0 Å². The number of allylic oxidation sites excluding steroid dienone is 1. The maximum absolute atomic E-state index is 6.33. The monoisotopic (exact) mass is 493 g/mol. The van der Waals surface area contributed by atoms with Crippen LogP contribution in [0.25, 0.3) is 33.0 Å². The molecular weight excluding hydrogens is 472 g/mol. The lowest BCUT2D eigenvalue weighted by molar-refractivity contribution is 0.464. The number of aryl methyl sites for hydroxylation is 1. The van der Waals surface area contributed by atoms with Crippen LogP contribution in [0.3, 0.4) is 0 Å². The predicted molar refractivity (Wildman–Crippen MR) is 148 cm³/mol. The Hall–Kier alpha value is -5.17. The molecule has 2 aliphatic rings. The van der Waals surface area contributed by atoms with E-state index in [-0.39, 0.29) is 6.17 Å². The molecule has 0 spiro atoms. The zero-order chi connectivity index (χ0) is 25.2. The predicted octanol–water partition coefficient (Wildman–Crippen LogP) is 4.49. The second-order valence-electron chi connectivity index (χ2n) is 9.47. The molecule has 4 aromatic heterocycles. The third kappa shape index (κ3) is 3.05. The van der Waals surface area contributed by atoms with Crippen molar-refractivity contribution in [2.75, 3.05) is 0 Å². The van der Waals surface area contributed by atoms with Crippen LogP contribution in [-0.2, 0) is 0 Å². The zero-order valence-corrected chi connectivity index (χ0v) is 20.5. The van der Waals surface area contributed by atoms with Crippen LogP contribution in [0.5, 0.6) is 11.6 Å². The summed E-state index contributed by atoms with van der Waals surface area (Å²) in [5.41, 5.74) is 6.68. The van der Waals surface area contributed by atoms with Crippen LogP contribution in [0.2, 0.25) is 0 Å². The number of pyridine rings is 3. The van der Waals surface area contributed by atoms with Gasteiger partial charge in [-0.05, 0) is 55.5 Å². The zero-order valence-electron chi connectivity index (χ0n) is 20.5. The summed E-state index contributed by atoms with van der Waals surface area (Å²) in [6.07, 6.45) is 7.71. The summed E-state index contributed by atoms with van der Waals surface area (Å²) in [6, 6.07) is 26.4. The van der Waals surface area contributed by atoms with Gasteiger partial charge in [0.05, 0.1) is 39.1 Å². The summed E-state index contributed by atoms with van der Waals surface area (Å²) >= 11 is 0. The fourth-order valence-corrected chi connectivity index (χ4v) is 5.55. The van der Waals surface area contributed by atoms with Gasteiger partial charge in [0.1, 0.15) is 11.3 Å². The fourth-order valence-electron chi connectivity index (χ4n) is 5.55. The highest BCUT2D eigenvalue weighted by molar-refractivity contribution is 6.08. The van der Waals surface area contributed by atoms with Gasteiger partial charge in [0.15, 0.2) is 0 Å². The molecule has 0 bridgehead atoms. The Balaban J connectivity index is 1.25. The van der Waals surface area contributed by atoms with E-state index in [0.717, 1.165) is 44.2 Å². The lowest BCUT2D eigenvalue weighted by Gasteiger charge is -2.12. The molecule has 0 saturated heterocycles. The summed E-state index contributed by atoms with van der Waals surface area (Å²) in [5.74, 6) is 1.22. The normalized spacial score (nSPS) is 16.0. The van der Waals surface area contributed by atoms with Gasteiger partial charge in [0.2, 0.25) is 16.9 Å². The number of nitrogens with zero attached hydrogens (tertiary/aromatic N) is 6. The van der Waals surface area contributed by atoms with E-state index in [1.54, 1.807) is 6.20 Å². The van der Waals surface area contributed by atoms with Crippen molar-refractivity contribution in [1.82, 2.24) is 24.2 Å². The first-order valence-electron chi connectivity index (χ1n) is 12.5. The molecule has 2 aromatic carbocycles. The topological polar surface area (TPSA) is 67.7 Å². The van der Waals surface area contributed by atoms with Crippen molar-refractivity contribution in [2.24, 2.45) is 4.99 Å². The second kappa shape index (κ2) is 7.91. The van der Waals surface area contributed by atoms with Gasteiger partial charge >= 0.3 is 0 Å². The molecule has 1 atom stereocenters. The maximum Gasteiger partial charge on any atom is 0.279 e. The summed E-state index contributed by atoms with van der Waals surface area (Å²) in [5, 5.41) is 7.99. The average Bonchev–Trinajstić information content (AvgIpc) is 3.52. The summed E-state index contributed by atoms with van der Waals surface area (Å²) in [4.78, 5) is 14.3. The molecule has 2 aliphatic heterocycles. The van der Waals surface area contributed by atoms with Crippen LogP contribution >= 0.6 is 0 Å². The van der Waals surface area contributed by atoms with Gasteiger partial charge in [-0.15, -0.1) is 0 Å². The molecule has 1 unspecified atom stereocenters. The molecule has 0 aliphatic carbocycles. The number of para-hydroxylation sites is 1. The van der Waals surface area contributed by atoms with Crippen molar-refractivity contribution in [3.63, 3.8) is 0 Å². The van der Waals surface area contributed by atoms with Gasteiger partial charge in [-0.3, -0.25) is 4.98 Å². The van der Waals surface area contributed by atoms with Gasteiger partial charge in [0.25, 0.3) is 6.17 Å². The molecular formula is C31H21N6O+. The minimum Gasteiger partial charge on any atom is -0.439 e. The number of rotatable bonds is 3. The SMILES string of the molecule is Cc1cc2c3nc(Oc4cccc([N+]5=c6ccccc6=C6C=CC=NC65)c4)ccc3c3ncccc3n2n1. The van der Waals surface area contributed by atoms with E-state index < -0.39 is 0 Å². The third-order valence-corrected chi connectivity index (χ3v) is 7.12. The first kappa shape index (κ1) is 21.0. The quantitative estimate of drug-likeness (QED) is 0.269. The Labute approximate surface area is 217 Å². The third-order valence-electron chi connectivity index (χ3n) is 7.12. The van der Waals surface area contributed by atoms with Crippen LogP contribution in [0.4, 0.5) is 5.69 Å². The van der Waals surface area contributed by atoms with Crippen LogP contribution in [0.15, 0.2) is 102 Å². The Kier molecular flexibility index (Phi) is 4.37. The lowest BCUT2D eigenvalue weighted by Crippen LogP contribution is -2.33. The molecule has 0 N–H and O–H groups in total. The number of ether oxygens (including phenoxy) is 1. The van der Waals surface area contributed by atoms with Crippen molar-refractivity contribution in [3.8, 4) is 11.6 Å². The molecule has 38 heavy (non-hydrogen) atoms. The van der Waals surface area contributed by atoms with E-state index in [1.165, 1.54) is 10.8 Å². The molecule has 6 aromatic rings. The van der Waals surface area contributed by atoms with Gasteiger partial charge < -0.3 is 4.74 Å². The van der Waals surface area contributed by atoms with E-state index in [9.17, 15) is 0 Å². The maximum atomic E-state index is 6.33. The minimum absolute atomic E-state index is 0.0920. The molecule has 7 heteroatoms. The summed E-state index contributed by atoms with van der Waals surface area (Å²) in [6.45, 7) is 1.98. The smallest absolute Gasteiger partial charge is 0.279 e. The number of aliphatic imine (C=N–C) groups is 1. The first-order valence-corrected chi connectivity index (χ1v) is 12.5. The van der Waals surface area contributed by atoms with Crippen LogP contribution in [-0.4, -0.2) is 32.0 Å². The molecule has 6 heterocycles. The fraction of sp³-hybridized carbons (Fsp3) is 0.0645. The lowest BCUT2D eigenvalue weighted by atomic mass is 10.1. The van der Waals surface area contributed by atoms with Crippen LogP contribution in [0, 0.1) is 6.92 Å². The molecule has 180 valence electrons. The van der Waals surface area contributed by atoms with Crippen LogP contribution < -0.4 is 19.9 Å². The van der Waals surface area contributed by atoms with E-state index >= 15 is 0 Å². The highest BCUT2D eigenvalue weighted by atomic mass is 16.5. The highest BCUT2D eigenvalue weighted by Crippen LogP contribution is 2.31. The number of benzene rings is 2. The largest absolute Gasteiger partial charge is 0.439 e. The van der Waals surface area contributed by atoms with Gasteiger partial charge in [-0.1, -0.05) is 18.2 Å². The van der Waals surface area contributed by atoms with Crippen molar-refractivity contribution in [3.05, 3.63) is 113 Å². The molecule has 7 nitrogen and oxygen atoms in total.